The molecule has 6 nitrogen and oxygen atoms in total. The van der Waals surface area contributed by atoms with Crippen LogP contribution in [0.2, 0.25) is 0 Å². The Bertz CT molecular complexity index is 466. The standard InChI is InChI=1S/C12H14N4O2/c13-6-9-3-4-11(14-7-9)15-10-2-1-5-16(8-10)12(17)18/h3-4,7,10H,1-2,5,8H2,(H,14,15)(H,17,18). The lowest BCUT2D eigenvalue weighted by atomic mass is 10.1. The highest BCUT2D eigenvalue weighted by atomic mass is 16.4. The van der Waals surface area contributed by atoms with E-state index >= 15 is 0 Å². The number of aromatic nitrogens is 1. The SMILES string of the molecule is N#Cc1ccc(NC2CCCN(C(=O)O)C2)nc1. The van der Waals surface area contributed by atoms with Crippen LogP contribution in [0.4, 0.5) is 10.6 Å². The molecule has 0 spiro atoms. The molecule has 1 amide bonds. The fourth-order valence-corrected chi connectivity index (χ4v) is 2.02. The van der Waals surface area contributed by atoms with E-state index in [9.17, 15) is 4.79 Å². The minimum atomic E-state index is -0.880. The number of nitrogens with zero attached hydrogens (tertiary/aromatic N) is 3. The van der Waals surface area contributed by atoms with Gasteiger partial charge in [0.25, 0.3) is 0 Å². The fraction of sp³-hybridized carbons (Fsp3) is 0.417. The molecule has 1 saturated heterocycles. The summed E-state index contributed by atoms with van der Waals surface area (Å²) in [6.45, 7) is 1.06. The van der Waals surface area contributed by atoms with E-state index in [1.165, 1.54) is 11.1 Å². The second-order valence-corrected chi connectivity index (χ2v) is 4.26. The Hall–Kier alpha value is -2.29. The highest BCUT2D eigenvalue weighted by Gasteiger charge is 2.23. The molecule has 94 valence electrons. The molecule has 1 aliphatic heterocycles. The van der Waals surface area contributed by atoms with Crippen LogP contribution in [0.15, 0.2) is 18.3 Å². The van der Waals surface area contributed by atoms with Gasteiger partial charge in [0, 0.05) is 25.3 Å². The maximum absolute atomic E-state index is 10.9. The number of hydrogen-bond donors (Lipinski definition) is 2. The molecule has 1 fully saturated rings. The molecule has 1 atom stereocenters. The molecule has 6 heteroatoms. The Kier molecular flexibility index (Phi) is 3.63. The van der Waals surface area contributed by atoms with Gasteiger partial charge in [0.2, 0.25) is 0 Å². The predicted molar refractivity (Wildman–Crippen MR) is 65.2 cm³/mol. The molecule has 1 aromatic rings. The quantitative estimate of drug-likeness (QED) is 0.825. The zero-order valence-electron chi connectivity index (χ0n) is 9.83. The summed E-state index contributed by atoms with van der Waals surface area (Å²) in [4.78, 5) is 16.4. The van der Waals surface area contributed by atoms with Gasteiger partial charge < -0.3 is 15.3 Å². The van der Waals surface area contributed by atoms with Gasteiger partial charge in [0.15, 0.2) is 0 Å². The van der Waals surface area contributed by atoms with Crippen molar-refractivity contribution in [2.24, 2.45) is 0 Å². The van der Waals surface area contributed by atoms with E-state index in [-0.39, 0.29) is 6.04 Å². The molecule has 1 aromatic heterocycles. The number of carboxylic acid groups (broad SMARTS) is 1. The molecule has 0 radical (unpaired) electrons. The van der Waals surface area contributed by atoms with Gasteiger partial charge in [-0.1, -0.05) is 0 Å². The van der Waals surface area contributed by atoms with Gasteiger partial charge in [0.1, 0.15) is 11.9 Å². The summed E-state index contributed by atoms with van der Waals surface area (Å²) in [6, 6.07) is 5.50. The summed E-state index contributed by atoms with van der Waals surface area (Å²) in [5.74, 6) is 0.672. The molecule has 0 aromatic carbocycles. The number of anilines is 1. The average molecular weight is 246 g/mol. The van der Waals surface area contributed by atoms with Crippen molar-refractivity contribution in [3.05, 3.63) is 23.9 Å². The van der Waals surface area contributed by atoms with Crippen molar-refractivity contribution in [1.82, 2.24) is 9.88 Å². The topological polar surface area (TPSA) is 89.2 Å². The minimum Gasteiger partial charge on any atom is -0.465 e. The van der Waals surface area contributed by atoms with Gasteiger partial charge in [-0.05, 0) is 25.0 Å². The normalized spacial score (nSPS) is 19.1. The van der Waals surface area contributed by atoms with Gasteiger partial charge in [0.05, 0.1) is 5.56 Å². The van der Waals surface area contributed by atoms with Crippen LogP contribution in [0, 0.1) is 11.3 Å². The monoisotopic (exact) mass is 246 g/mol. The van der Waals surface area contributed by atoms with E-state index in [1.54, 1.807) is 12.1 Å². The Morgan fingerprint density at radius 2 is 2.44 bits per heavy atom. The van der Waals surface area contributed by atoms with Crippen LogP contribution in [0.1, 0.15) is 18.4 Å². The summed E-state index contributed by atoms with van der Waals surface area (Å²) >= 11 is 0. The van der Waals surface area contributed by atoms with Crippen LogP contribution in [-0.2, 0) is 0 Å². The van der Waals surface area contributed by atoms with Crippen molar-refractivity contribution < 1.29 is 9.90 Å². The van der Waals surface area contributed by atoms with Gasteiger partial charge >= 0.3 is 6.09 Å². The number of likely N-dealkylation sites (tertiary alicyclic amines) is 1. The van der Waals surface area contributed by atoms with Crippen LogP contribution in [0.3, 0.4) is 0 Å². The van der Waals surface area contributed by atoms with Crippen LogP contribution in [0.25, 0.3) is 0 Å². The van der Waals surface area contributed by atoms with Crippen LogP contribution in [0.5, 0.6) is 0 Å². The first-order valence-corrected chi connectivity index (χ1v) is 5.79. The van der Waals surface area contributed by atoms with E-state index in [2.05, 4.69) is 10.3 Å². The van der Waals surface area contributed by atoms with Crippen molar-refractivity contribution in [2.75, 3.05) is 18.4 Å². The molecule has 0 aliphatic carbocycles. The van der Waals surface area contributed by atoms with Crippen molar-refractivity contribution in [1.29, 1.82) is 5.26 Å². The maximum atomic E-state index is 10.9. The molecule has 0 saturated carbocycles. The number of amides is 1. The summed E-state index contributed by atoms with van der Waals surface area (Å²) in [6.07, 6.45) is 2.39. The Morgan fingerprint density at radius 3 is 3.06 bits per heavy atom. The van der Waals surface area contributed by atoms with Crippen molar-refractivity contribution in [2.45, 2.75) is 18.9 Å². The molecule has 0 bridgehead atoms. The third-order valence-electron chi connectivity index (χ3n) is 2.94. The lowest BCUT2D eigenvalue weighted by molar-refractivity contribution is 0.133. The van der Waals surface area contributed by atoms with E-state index in [1.807, 2.05) is 6.07 Å². The molecular formula is C12H14N4O2. The van der Waals surface area contributed by atoms with Crippen LogP contribution in [-0.4, -0.2) is 40.2 Å². The lowest BCUT2D eigenvalue weighted by Crippen LogP contribution is -2.44. The van der Waals surface area contributed by atoms with E-state index < -0.39 is 6.09 Å². The van der Waals surface area contributed by atoms with Gasteiger partial charge in [-0.3, -0.25) is 0 Å². The maximum Gasteiger partial charge on any atom is 0.407 e. The molecule has 2 N–H and O–H groups in total. The average Bonchev–Trinajstić information content (AvgIpc) is 2.40. The van der Waals surface area contributed by atoms with Gasteiger partial charge in [-0.15, -0.1) is 0 Å². The first kappa shape index (κ1) is 12.2. The molecular weight excluding hydrogens is 232 g/mol. The largest absolute Gasteiger partial charge is 0.465 e. The van der Waals surface area contributed by atoms with E-state index in [0.717, 1.165) is 12.8 Å². The Morgan fingerprint density at radius 1 is 1.61 bits per heavy atom. The zero-order chi connectivity index (χ0) is 13.0. The zero-order valence-corrected chi connectivity index (χ0v) is 9.83. The third-order valence-corrected chi connectivity index (χ3v) is 2.94. The molecule has 1 unspecified atom stereocenters. The van der Waals surface area contributed by atoms with Crippen molar-refractivity contribution in [3.63, 3.8) is 0 Å². The molecule has 2 rings (SSSR count). The summed E-state index contributed by atoms with van der Waals surface area (Å²) in [7, 11) is 0. The molecule has 18 heavy (non-hydrogen) atoms. The van der Waals surface area contributed by atoms with Crippen LogP contribution < -0.4 is 5.32 Å². The second-order valence-electron chi connectivity index (χ2n) is 4.26. The van der Waals surface area contributed by atoms with Gasteiger partial charge in [-0.25, -0.2) is 9.78 Å². The molecule has 1 aliphatic rings. The minimum absolute atomic E-state index is 0.0790. The fourth-order valence-electron chi connectivity index (χ4n) is 2.02. The number of carbonyl (C=O) groups is 1. The second kappa shape index (κ2) is 5.36. The van der Waals surface area contributed by atoms with E-state index in [0.29, 0.717) is 24.5 Å². The van der Waals surface area contributed by atoms with Crippen molar-refractivity contribution >= 4 is 11.9 Å². The Balaban J connectivity index is 1.96. The smallest absolute Gasteiger partial charge is 0.407 e. The number of rotatable bonds is 2. The number of nitrogens with one attached hydrogen (secondary N) is 1. The number of hydrogen-bond acceptors (Lipinski definition) is 4. The lowest BCUT2D eigenvalue weighted by Gasteiger charge is -2.31. The number of nitriles is 1. The Labute approximate surface area is 105 Å². The summed E-state index contributed by atoms with van der Waals surface area (Å²) < 4.78 is 0. The summed E-state index contributed by atoms with van der Waals surface area (Å²) in [5.41, 5.74) is 0.511. The third kappa shape index (κ3) is 2.88. The van der Waals surface area contributed by atoms with Gasteiger partial charge in [-0.2, -0.15) is 5.26 Å². The highest BCUT2D eigenvalue weighted by Crippen LogP contribution is 2.15. The number of piperidine rings is 1. The predicted octanol–water partition coefficient (Wildman–Crippen LogP) is 1.51. The summed E-state index contributed by atoms with van der Waals surface area (Å²) in [5, 5.41) is 20.8. The van der Waals surface area contributed by atoms with Crippen LogP contribution >= 0.6 is 0 Å². The first-order valence-electron chi connectivity index (χ1n) is 5.79. The van der Waals surface area contributed by atoms with E-state index in [4.69, 9.17) is 10.4 Å². The number of pyridine rings is 1. The first-order chi connectivity index (χ1) is 8.69. The van der Waals surface area contributed by atoms with Crippen molar-refractivity contribution in [3.8, 4) is 6.07 Å². The molecule has 2 heterocycles. The highest BCUT2D eigenvalue weighted by molar-refractivity contribution is 5.65.